The highest BCUT2D eigenvalue weighted by Crippen LogP contribution is 2.12. The average Bonchev–Trinajstić information content (AvgIpc) is 3.13. The van der Waals surface area contributed by atoms with Crippen molar-refractivity contribution in [2.45, 2.75) is 12.5 Å². The molecule has 27 heavy (non-hydrogen) atoms. The minimum Gasteiger partial charge on any atom is -0.459 e. The Labute approximate surface area is 159 Å². The van der Waals surface area contributed by atoms with E-state index in [1.807, 2.05) is 4.90 Å². The summed E-state index contributed by atoms with van der Waals surface area (Å²) in [5.74, 6) is 0.334. The summed E-state index contributed by atoms with van der Waals surface area (Å²) in [5, 5.41) is 2.81. The molecule has 2 aliphatic rings. The molecule has 3 rings (SSSR count). The zero-order valence-electron chi connectivity index (χ0n) is 15.6. The van der Waals surface area contributed by atoms with Crippen LogP contribution in [0.2, 0.25) is 0 Å². The van der Waals surface area contributed by atoms with Gasteiger partial charge >= 0.3 is 6.03 Å². The maximum Gasteiger partial charge on any atom is 0.317 e. The highest BCUT2D eigenvalue weighted by atomic mass is 16.5. The van der Waals surface area contributed by atoms with Gasteiger partial charge in [0.25, 0.3) is 5.91 Å². The van der Waals surface area contributed by atoms with Crippen molar-refractivity contribution in [3.05, 3.63) is 36.8 Å². The Morgan fingerprint density at radius 2 is 2.11 bits per heavy atom. The zero-order chi connectivity index (χ0) is 19.1. The molecule has 0 saturated carbocycles. The lowest BCUT2D eigenvalue weighted by atomic mass is 10.2. The molecule has 0 spiro atoms. The molecule has 2 aliphatic heterocycles. The summed E-state index contributed by atoms with van der Waals surface area (Å²) in [6.07, 6.45) is 4.08. The number of nitrogens with one attached hydrogen (secondary N) is 1. The number of ether oxygens (including phenoxy) is 1. The van der Waals surface area contributed by atoms with Gasteiger partial charge in [-0.15, -0.1) is 6.58 Å². The van der Waals surface area contributed by atoms with Crippen LogP contribution < -0.4 is 5.32 Å². The van der Waals surface area contributed by atoms with Crippen LogP contribution in [-0.2, 0) is 4.74 Å². The van der Waals surface area contributed by atoms with Gasteiger partial charge in [0.05, 0.1) is 19.0 Å². The van der Waals surface area contributed by atoms with Crippen LogP contribution in [0.25, 0.3) is 0 Å². The van der Waals surface area contributed by atoms with Crippen molar-refractivity contribution in [1.29, 1.82) is 0 Å². The van der Waals surface area contributed by atoms with Crippen LogP contribution in [0.5, 0.6) is 0 Å². The molecule has 1 aromatic heterocycles. The maximum atomic E-state index is 12.4. The van der Waals surface area contributed by atoms with Gasteiger partial charge in [-0.25, -0.2) is 4.79 Å². The van der Waals surface area contributed by atoms with Crippen molar-refractivity contribution in [2.75, 3.05) is 59.0 Å². The van der Waals surface area contributed by atoms with E-state index < -0.39 is 0 Å². The molecule has 2 fully saturated rings. The zero-order valence-corrected chi connectivity index (χ0v) is 15.6. The number of amides is 3. The van der Waals surface area contributed by atoms with Crippen molar-refractivity contribution >= 4 is 11.9 Å². The molecule has 1 aromatic rings. The Balaban J connectivity index is 1.47. The average molecular weight is 376 g/mol. The number of rotatable bonds is 5. The van der Waals surface area contributed by atoms with Gasteiger partial charge in [0.2, 0.25) is 0 Å². The fourth-order valence-electron chi connectivity index (χ4n) is 3.49. The van der Waals surface area contributed by atoms with E-state index in [1.54, 1.807) is 23.1 Å². The van der Waals surface area contributed by atoms with Gasteiger partial charge in [-0.2, -0.15) is 0 Å². The normalized spacial score (nSPS) is 21.6. The minimum atomic E-state index is -0.0747. The summed E-state index contributed by atoms with van der Waals surface area (Å²) < 4.78 is 11.1. The number of carbonyl (C=O) groups excluding carboxylic acids is 2. The maximum absolute atomic E-state index is 12.4. The molecule has 3 heterocycles. The number of furan rings is 1. The summed E-state index contributed by atoms with van der Waals surface area (Å²) in [4.78, 5) is 30.5. The Kier molecular flexibility index (Phi) is 6.89. The third-order valence-electron chi connectivity index (χ3n) is 4.89. The number of hydrogen-bond donors (Lipinski definition) is 1. The van der Waals surface area contributed by atoms with E-state index in [2.05, 4.69) is 16.8 Å². The molecule has 8 heteroatoms. The molecule has 1 atom stereocenters. The van der Waals surface area contributed by atoms with Crippen LogP contribution in [0.3, 0.4) is 0 Å². The molecule has 0 radical (unpaired) electrons. The molecule has 8 nitrogen and oxygen atoms in total. The first-order valence-corrected chi connectivity index (χ1v) is 9.48. The fourth-order valence-corrected chi connectivity index (χ4v) is 3.49. The highest BCUT2D eigenvalue weighted by Gasteiger charge is 2.27. The standard InChI is InChI=1S/C19H28N4O4/c1-2-6-20-19(25)23-11-13-26-16(15-23)14-21-7-4-8-22(10-9-21)18(24)17-5-3-12-27-17/h2-3,5,12,16H,1,4,6-11,13-15H2,(H,20,25). The summed E-state index contributed by atoms with van der Waals surface area (Å²) in [5.41, 5.74) is 0. The van der Waals surface area contributed by atoms with Crippen molar-refractivity contribution in [3.63, 3.8) is 0 Å². The van der Waals surface area contributed by atoms with E-state index in [1.165, 1.54) is 6.26 Å². The molecule has 0 aliphatic carbocycles. The molecule has 1 unspecified atom stereocenters. The summed E-state index contributed by atoms with van der Waals surface area (Å²) in [6.45, 7) is 9.64. The molecular formula is C19H28N4O4. The number of nitrogens with zero attached hydrogens (tertiary/aromatic N) is 3. The lowest BCUT2D eigenvalue weighted by Gasteiger charge is -2.35. The number of carbonyl (C=O) groups is 2. The van der Waals surface area contributed by atoms with Crippen LogP contribution in [-0.4, -0.2) is 91.7 Å². The van der Waals surface area contributed by atoms with Crippen molar-refractivity contribution in [1.82, 2.24) is 20.0 Å². The smallest absolute Gasteiger partial charge is 0.317 e. The van der Waals surface area contributed by atoms with Crippen molar-refractivity contribution in [2.24, 2.45) is 0 Å². The third-order valence-corrected chi connectivity index (χ3v) is 4.89. The topological polar surface area (TPSA) is 78.3 Å². The Hall–Kier alpha value is -2.32. The largest absolute Gasteiger partial charge is 0.459 e. The minimum absolute atomic E-state index is 0.0134. The second-order valence-corrected chi connectivity index (χ2v) is 6.84. The van der Waals surface area contributed by atoms with E-state index in [0.717, 1.165) is 32.6 Å². The highest BCUT2D eigenvalue weighted by molar-refractivity contribution is 5.91. The van der Waals surface area contributed by atoms with E-state index >= 15 is 0 Å². The Bertz CT molecular complexity index is 634. The third kappa shape index (κ3) is 5.33. The van der Waals surface area contributed by atoms with Gasteiger partial charge < -0.3 is 24.3 Å². The van der Waals surface area contributed by atoms with E-state index in [4.69, 9.17) is 9.15 Å². The van der Waals surface area contributed by atoms with Crippen molar-refractivity contribution in [3.8, 4) is 0 Å². The van der Waals surface area contributed by atoms with E-state index in [9.17, 15) is 9.59 Å². The summed E-state index contributed by atoms with van der Waals surface area (Å²) in [6, 6.07) is 3.36. The first kappa shape index (κ1) is 19.4. The molecular weight excluding hydrogens is 348 g/mol. The van der Waals surface area contributed by atoms with E-state index in [-0.39, 0.29) is 18.0 Å². The van der Waals surface area contributed by atoms with Crippen LogP contribution >= 0.6 is 0 Å². The Morgan fingerprint density at radius 3 is 2.89 bits per heavy atom. The number of hydrogen-bond acceptors (Lipinski definition) is 5. The number of morpholine rings is 1. The van der Waals surface area contributed by atoms with Gasteiger partial charge in [0.1, 0.15) is 0 Å². The first-order chi connectivity index (χ1) is 13.2. The molecule has 3 amide bonds. The van der Waals surface area contributed by atoms with E-state index in [0.29, 0.717) is 38.5 Å². The van der Waals surface area contributed by atoms with Crippen LogP contribution in [0.1, 0.15) is 17.0 Å². The molecule has 1 N–H and O–H groups in total. The molecule has 0 bridgehead atoms. The van der Waals surface area contributed by atoms with Gasteiger partial charge in [0.15, 0.2) is 5.76 Å². The monoisotopic (exact) mass is 376 g/mol. The lowest BCUT2D eigenvalue weighted by molar-refractivity contribution is -0.0298. The fraction of sp³-hybridized carbons (Fsp3) is 0.579. The Morgan fingerprint density at radius 1 is 1.22 bits per heavy atom. The predicted molar refractivity (Wildman–Crippen MR) is 101 cm³/mol. The van der Waals surface area contributed by atoms with Crippen LogP contribution in [0.15, 0.2) is 35.5 Å². The molecule has 2 saturated heterocycles. The van der Waals surface area contributed by atoms with Crippen LogP contribution in [0, 0.1) is 0 Å². The number of urea groups is 1. The predicted octanol–water partition coefficient (Wildman–Crippen LogP) is 1.02. The summed E-state index contributed by atoms with van der Waals surface area (Å²) >= 11 is 0. The van der Waals surface area contributed by atoms with Gasteiger partial charge in [-0.05, 0) is 25.1 Å². The summed E-state index contributed by atoms with van der Waals surface area (Å²) in [7, 11) is 0. The van der Waals surface area contributed by atoms with Crippen molar-refractivity contribution < 1.29 is 18.7 Å². The van der Waals surface area contributed by atoms with Gasteiger partial charge in [-0.3, -0.25) is 9.69 Å². The second-order valence-electron chi connectivity index (χ2n) is 6.84. The van der Waals surface area contributed by atoms with Crippen LogP contribution in [0.4, 0.5) is 4.79 Å². The van der Waals surface area contributed by atoms with Gasteiger partial charge in [-0.1, -0.05) is 6.08 Å². The first-order valence-electron chi connectivity index (χ1n) is 9.48. The molecule has 148 valence electrons. The second kappa shape index (κ2) is 9.57. The molecule has 0 aromatic carbocycles. The quantitative estimate of drug-likeness (QED) is 0.777. The SMILES string of the molecule is C=CCNC(=O)N1CCOC(CN2CCCN(C(=O)c3ccco3)CC2)C1. The van der Waals surface area contributed by atoms with Gasteiger partial charge in [0, 0.05) is 45.8 Å². The lowest BCUT2D eigenvalue weighted by Crippen LogP contribution is -2.52.